The third-order valence-corrected chi connectivity index (χ3v) is 8.87. The largest absolute Gasteiger partial charge is 0.493 e. The molecule has 1 atom stereocenters. The Morgan fingerprint density at radius 2 is 1.88 bits per heavy atom. The van der Waals surface area contributed by atoms with E-state index in [2.05, 4.69) is 4.99 Å². The Bertz CT molecular complexity index is 1840. The molecule has 0 radical (unpaired) electrons. The van der Waals surface area contributed by atoms with Gasteiger partial charge in [0.05, 0.1) is 35.6 Å². The molecule has 0 aliphatic carbocycles. The van der Waals surface area contributed by atoms with Crippen LogP contribution in [0.1, 0.15) is 36.6 Å². The lowest BCUT2D eigenvalue weighted by Gasteiger charge is -2.24. The highest BCUT2D eigenvalue weighted by molar-refractivity contribution is 7.98. The number of benzene rings is 3. The van der Waals surface area contributed by atoms with Gasteiger partial charge in [-0.3, -0.25) is 9.36 Å². The van der Waals surface area contributed by atoms with E-state index in [1.165, 1.54) is 11.3 Å². The molecule has 3 aromatic carbocycles. The maximum Gasteiger partial charge on any atom is 0.338 e. The molecule has 42 heavy (non-hydrogen) atoms. The Labute approximate surface area is 256 Å². The minimum atomic E-state index is -0.659. The number of allylic oxidation sites excluding steroid dienone is 1. The highest BCUT2D eigenvalue weighted by Gasteiger charge is 2.33. The number of ether oxygens (including phenoxy) is 3. The van der Waals surface area contributed by atoms with Gasteiger partial charge in [0.15, 0.2) is 16.3 Å². The average molecular weight is 621 g/mol. The van der Waals surface area contributed by atoms with Gasteiger partial charge < -0.3 is 14.2 Å². The van der Waals surface area contributed by atoms with Crippen LogP contribution in [0.2, 0.25) is 5.02 Å². The maximum atomic E-state index is 13.9. The predicted molar refractivity (Wildman–Crippen MR) is 167 cm³/mol. The van der Waals surface area contributed by atoms with Gasteiger partial charge in [-0.1, -0.05) is 59.3 Å². The van der Waals surface area contributed by atoms with Gasteiger partial charge in [0, 0.05) is 15.5 Å². The lowest BCUT2D eigenvalue weighted by Crippen LogP contribution is -2.39. The first-order chi connectivity index (χ1) is 20.3. The number of methoxy groups -OCH3 is 1. The summed E-state index contributed by atoms with van der Waals surface area (Å²) in [5.41, 5.74) is 3.06. The highest BCUT2D eigenvalue weighted by Crippen LogP contribution is 2.32. The van der Waals surface area contributed by atoms with Crippen LogP contribution in [0.5, 0.6) is 11.5 Å². The Hall–Kier alpha value is -3.79. The van der Waals surface area contributed by atoms with Crippen molar-refractivity contribution in [3.63, 3.8) is 0 Å². The molecule has 1 aliphatic heterocycles. The van der Waals surface area contributed by atoms with Crippen LogP contribution >= 0.6 is 34.7 Å². The number of thiazole rings is 1. The fourth-order valence-corrected chi connectivity index (χ4v) is 6.35. The van der Waals surface area contributed by atoms with E-state index in [1.807, 2.05) is 66.9 Å². The van der Waals surface area contributed by atoms with Crippen LogP contribution in [0.3, 0.4) is 0 Å². The first-order valence-corrected chi connectivity index (χ1v) is 15.6. The quantitative estimate of drug-likeness (QED) is 0.175. The summed E-state index contributed by atoms with van der Waals surface area (Å²) in [6, 6.07) is 20.2. The van der Waals surface area contributed by atoms with Crippen molar-refractivity contribution >= 4 is 46.7 Å². The zero-order valence-electron chi connectivity index (χ0n) is 23.5. The van der Waals surface area contributed by atoms with Gasteiger partial charge in [0.2, 0.25) is 0 Å². The van der Waals surface area contributed by atoms with Gasteiger partial charge in [-0.2, -0.15) is 0 Å². The fourth-order valence-electron chi connectivity index (χ4n) is 4.71. The summed E-state index contributed by atoms with van der Waals surface area (Å²) in [6.45, 7) is 4.04. The van der Waals surface area contributed by atoms with Gasteiger partial charge in [0.1, 0.15) is 6.61 Å². The number of thioether (sulfide) groups is 1. The molecule has 216 valence electrons. The molecule has 0 bridgehead atoms. The molecular formula is C32H29ClN2O5S2. The first-order valence-electron chi connectivity index (χ1n) is 13.2. The summed E-state index contributed by atoms with van der Waals surface area (Å²) in [5, 5.41) is 0.628. The molecule has 0 saturated carbocycles. The molecule has 0 unspecified atom stereocenters. The van der Waals surface area contributed by atoms with Crippen LogP contribution in [0, 0.1) is 0 Å². The van der Waals surface area contributed by atoms with Crippen molar-refractivity contribution in [2.24, 2.45) is 4.99 Å². The van der Waals surface area contributed by atoms with E-state index in [1.54, 1.807) is 49.4 Å². The Morgan fingerprint density at radius 1 is 1.12 bits per heavy atom. The molecule has 1 aliphatic rings. The van der Waals surface area contributed by atoms with Crippen molar-refractivity contribution in [3.05, 3.63) is 119 Å². The number of aromatic nitrogens is 1. The third-order valence-electron chi connectivity index (χ3n) is 6.78. The van der Waals surface area contributed by atoms with Crippen LogP contribution in [0.15, 0.2) is 92.7 Å². The van der Waals surface area contributed by atoms with Crippen molar-refractivity contribution in [2.75, 3.05) is 20.0 Å². The molecule has 2 heterocycles. The van der Waals surface area contributed by atoms with Gasteiger partial charge in [-0.25, -0.2) is 9.79 Å². The van der Waals surface area contributed by atoms with Crippen molar-refractivity contribution in [2.45, 2.75) is 31.4 Å². The van der Waals surface area contributed by atoms with Gasteiger partial charge >= 0.3 is 5.97 Å². The zero-order chi connectivity index (χ0) is 29.8. The predicted octanol–water partition coefficient (Wildman–Crippen LogP) is 5.76. The second kappa shape index (κ2) is 13.0. The molecule has 0 fully saturated rings. The monoisotopic (exact) mass is 620 g/mol. The van der Waals surface area contributed by atoms with E-state index < -0.39 is 12.0 Å². The van der Waals surface area contributed by atoms with Crippen molar-refractivity contribution < 1.29 is 19.0 Å². The van der Waals surface area contributed by atoms with E-state index in [4.69, 9.17) is 25.8 Å². The van der Waals surface area contributed by atoms with Crippen molar-refractivity contribution in [3.8, 4) is 11.5 Å². The summed E-state index contributed by atoms with van der Waals surface area (Å²) in [6.07, 6.45) is 3.79. The summed E-state index contributed by atoms with van der Waals surface area (Å²) >= 11 is 9.16. The SMILES string of the molecule is CCOC(=O)C1=C(C)N=c2s/c(=C\c3ccc(OCc4ccccc4Cl)c(OC)c3)c(=O)n2[C@@H]1c1ccc(SC)cc1. The van der Waals surface area contributed by atoms with Crippen LogP contribution in [0.4, 0.5) is 0 Å². The highest BCUT2D eigenvalue weighted by atomic mass is 35.5. The van der Waals surface area contributed by atoms with E-state index in [9.17, 15) is 9.59 Å². The zero-order valence-corrected chi connectivity index (χ0v) is 25.9. The molecular weight excluding hydrogens is 592 g/mol. The second-order valence-corrected chi connectivity index (χ2v) is 11.7. The molecule has 0 saturated heterocycles. The molecule has 0 amide bonds. The van der Waals surface area contributed by atoms with E-state index >= 15 is 0 Å². The molecule has 10 heteroatoms. The normalized spacial score (nSPS) is 14.8. The first kappa shape index (κ1) is 29.7. The van der Waals surface area contributed by atoms with Gasteiger partial charge in [0.25, 0.3) is 5.56 Å². The minimum absolute atomic E-state index is 0.220. The Kier molecular flexibility index (Phi) is 9.21. The summed E-state index contributed by atoms with van der Waals surface area (Å²) in [5.74, 6) is 0.597. The number of hydrogen-bond acceptors (Lipinski definition) is 8. The number of fused-ring (bicyclic) bond motifs is 1. The Balaban J connectivity index is 1.54. The minimum Gasteiger partial charge on any atom is -0.493 e. The molecule has 1 aromatic heterocycles. The number of rotatable bonds is 9. The number of carbonyl (C=O) groups is 1. The Morgan fingerprint density at radius 3 is 2.57 bits per heavy atom. The average Bonchev–Trinajstić information content (AvgIpc) is 3.30. The number of nitrogens with zero attached hydrogens (tertiary/aromatic N) is 2. The number of hydrogen-bond donors (Lipinski definition) is 0. The third kappa shape index (κ3) is 6.04. The number of carbonyl (C=O) groups excluding carboxylic acids is 1. The maximum absolute atomic E-state index is 13.9. The molecule has 5 rings (SSSR count). The lowest BCUT2D eigenvalue weighted by molar-refractivity contribution is -0.139. The molecule has 4 aromatic rings. The van der Waals surface area contributed by atoms with E-state index in [0.717, 1.165) is 21.6 Å². The van der Waals surface area contributed by atoms with Crippen LogP contribution in [-0.4, -0.2) is 30.5 Å². The van der Waals surface area contributed by atoms with E-state index in [0.29, 0.717) is 37.1 Å². The molecule has 0 spiro atoms. The standard InChI is InChI=1S/C32H29ClN2O5S2/c1-5-39-31(37)28-19(2)34-32-35(29(28)21-11-13-23(41-4)14-12-21)30(36)27(42-32)17-20-10-15-25(26(16-20)38-3)40-18-22-8-6-7-9-24(22)33/h6-17,29H,5,18H2,1-4H3/b27-17-/t29-/m1/s1. The van der Waals surface area contributed by atoms with Crippen LogP contribution in [0.25, 0.3) is 6.08 Å². The second-order valence-electron chi connectivity index (χ2n) is 9.37. The van der Waals surface area contributed by atoms with Crippen LogP contribution in [-0.2, 0) is 16.1 Å². The number of esters is 1. The lowest BCUT2D eigenvalue weighted by atomic mass is 9.96. The van der Waals surface area contributed by atoms with Gasteiger partial charge in [-0.15, -0.1) is 11.8 Å². The summed E-state index contributed by atoms with van der Waals surface area (Å²) < 4.78 is 19.0. The topological polar surface area (TPSA) is 79.1 Å². The summed E-state index contributed by atoms with van der Waals surface area (Å²) in [4.78, 5) is 33.3. The van der Waals surface area contributed by atoms with Crippen molar-refractivity contribution in [1.29, 1.82) is 0 Å². The van der Waals surface area contributed by atoms with Crippen LogP contribution < -0.4 is 24.4 Å². The fraction of sp³-hybridized carbons (Fsp3) is 0.219. The van der Waals surface area contributed by atoms with E-state index in [-0.39, 0.29) is 18.8 Å². The summed E-state index contributed by atoms with van der Waals surface area (Å²) in [7, 11) is 1.57. The molecule has 7 nitrogen and oxygen atoms in total. The molecule has 0 N–H and O–H groups in total. The smallest absolute Gasteiger partial charge is 0.338 e. The van der Waals surface area contributed by atoms with Crippen molar-refractivity contribution in [1.82, 2.24) is 4.57 Å². The number of halogens is 1. The van der Waals surface area contributed by atoms with Gasteiger partial charge in [-0.05, 0) is 67.6 Å².